The Morgan fingerprint density at radius 3 is 2.84 bits per heavy atom. The van der Waals surface area contributed by atoms with Crippen LogP contribution in [0.5, 0.6) is 17.2 Å². The molecule has 6 nitrogen and oxygen atoms in total. The lowest BCUT2D eigenvalue weighted by atomic mass is 9.99. The summed E-state index contributed by atoms with van der Waals surface area (Å²) in [5.41, 5.74) is 2.37. The van der Waals surface area contributed by atoms with E-state index in [1.165, 1.54) is 5.56 Å². The highest BCUT2D eigenvalue weighted by molar-refractivity contribution is 5.78. The monoisotopic (exact) mass is 438 g/mol. The van der Waals surface area contributed by atoms with E-state index < -0.39 is 0 Å². The third kappa shape index (κ3) is 5.74. The third-order valence-electron chi connectivity index (χ3n) is 6.21. The third-order valence-corrected chi connectivity index (χ3v) is 6.21. The van der Waals surface area contributed by atoms with Crippen molar-refractivity contribution in [3.8, 4) is 17.2 Å². The fourth-order valence-electron chi connectivity index (χ4n) is 4.61. The van der Waals surface area contributed by atoms with Crippen LogP contribution in [0.4, 0.5) is 0 Å². The first kappa shape index (κ1) is 22.5. The number of ether oxygens (including phenoxy) is 3. The van der Waals surface area contributed by atoms with E-state index in [1.54, 1.807) is 7.11 Å². The van der Waals surface area contributed by atoms with Crippen LogP contribution >= 0.6 is 0 Å². The van der Waals surface area contributed by atoms with Gasteiger partial charge in [-0.15, -0.1) is 0 Å². The molecule has 0 aliphatic carbocycles. The molecule has 2 aromatic rings. The number of rotatable bonds is 6. The predicted molar refractivity (Wildman–Crippen MR) is 124 cm³/mol. The molecule has 2 aliphatic rings. The van der Waals surface area contributed by atoms with Crippen LogP contribution in [0.15, 0.2) is 42.5 Å². The zero-order chi connectivity index (χ0) is 22.5. The molecule has 2 aliphatic heterocycles. The molecule has 1 saturated heterocycles. The Kier molecular flexibility index (Phi) is 7.20. The summed E-state index contributed by atoms with van der Waals surface area (Å²) >= 11 is 0. The Bertz CT molecular complexity index is 932. The van der Waals surface area contributed by atoms with E-state index in [-0.39, 0.29) is 12.0 Å². The maximum absolute atomic E-state index is 13.2. The Balaban J connectivity index is 1.32. The summed E-state index contributed by atoms with van der Waals surface area (Å²) in [6, 6.07) is 14.0. The number of carbonyl (C=O) groups excluding carboxylic acids is 1. The molecule has 0 N–H and O–H groups in total. The molecule has 1 fully saturated rings. The van der Waals surface area contributed by atoms with E-state index >= 15 is 0 Å². The first-order chi connectivity index (χ1) is 15.5. The van der Waals surface area contributed by atoms with Gasteiger partial charge in [-0.3, -0.25) is 9.69 Å². The highest BCUT2D eigenvalue weighted by Crippen LogP contribution is 2.27. The number of amides is 1. The van der Waals surface area contributed by atoms with Gasteiger partial charge in [0, 0.05) is 43.7 Å². The lowest BCUT2D eigenvalue weighted by molar-refractivity contribution is -0.134. The average molecular weight is 439 g/mol. The summed E-state index contributed by atoms with van der Waals surface area (Å²) in [6.45, 7) is 8.25. The van der Waals surface area contributed by atoms with Crippen molar-refractivity contribution in [1.82, 2.24) is 9.80 Å². The van der Waals surface area contributed by atoms with E-state index in [0.717, 1.165) is 61.8 Å². The second-order valence-corrected chi connectivity index (χ2v) is 9.05. The minimum atomic E-state index is 0.0529. The Morgan fingerprint density at radius 1 is 1.16 bits per heavy atom. The number of benzene rings is 2. The van der Waals surface area contributed by atoms with Gasteiger partial charge in [0.15, 0.2) is 0 Å². The van der Waals surface area contributed by atoms with Crippen LogP contribution < -0.4 is 14.2 Å². The molecule has 2 aromatic carbocycles. The van der Waals surface area contributed by atoms with E-state index in [4.69, 9.17) is 14.2 Å². The topological polar surface area (TPSA) is 51.2 Å². The van der Waals surface area contributed by atoms with Gasteiger partial charge in [0.1, 0.15) is 23.4 Å². The Labute approximate surface area is 191 Å². The number of carbonyl (C=O) groups is 1. The van der Waals surface area contributed by atoms with Crippen LogP contribution in [0.25, 0.3) is 0 Å². The SMILES string of the molecule is COc1cccc(OC[C@@H]2CCCN(C(=O)CN3Cc4cc(C)ccc4O[C@H](C)C3)C2)c1. The molecule has 0 aromatic heterocycles. The minimum absolute atomic E-state index is 0.0529. The molecule has 6 heteroatoms. The van der Waals surface area contributed by atoms with Gasteiger partial charge >= 0.3 is 0 Å². The normalized spacial score (nSPS) is 21.3. The summed E-state index contributed by atoms with van der Waals surface area (Å²) < 4.78 is 17.4. The fourth-order valence-corrected chi connectivity index (χ4v) is 4.61. The van der Waals surface area contributed by atoms with Gasteiger partial charge in [-0.05, 0) is 44.9 Å². The Morgan fingerprint density at radius 2 is 2.00 bits per heavy atom. The van der Waals surface area contributed by atoms with Crippen LogP contribution in [0.1, 0.15) is 30.9 Å². The summed E-state index contributed by atoms with van der Waals surface area (Å²) in [5, 5.41) is 0. The van der Waals surface area contributed by atoms with E-state index in [2.05, 4.69) is 30.9 Å². The highest BCUT2D eigenvalue weighted by atomic mass is 16.5. The van der Waals surface area contributed by atoms with E-state index in [0.29, 0.717) is 19.1 Å². The molecule has 2 atom stereocenters. The lowest BCUT2D eigenvalue weighted by Gasteiger charge is -2.34. The highest BCUT2D eigenvalue weighted by Gasteiger charge is 2.27. The van der Waals surface area contributed by atoms with Gasteiger partial charge in [-0.1, -0.05) is 23.8 Å². The van der Waals surface area contributed by atoms with Gasteiger partial charge < -0.3 is 19.1 Å². The second-order valence-electron chi connectivity index (χ2n) is 9.05. The Hall–Kier alpha value is -2.73. The van der Waals surface area contributed by atoms with Crippen molar-refractivity contribution < 1.29 is 19.0 Å². The molecule has 0 unspecified atom stereocenters. The van der Waals surface area contributed by atoms with E-state index in [1.807, 2.05) is 35.2 Å². The number of aryl methyl sites for hydroxylation is 1. The zero-order valence-corrected chi connectivity index (χ0v) is 19.4. The average Bonchev–Trinajstić information content (AvgIpc) is 2.95. The van der Waals surface area contributed by atoms with Crippen molar-refractivity contribution in [2.24, 2.45) is 5.92 Å². The van der Waals surface area contributed by atoms with Gasteiger partial charge in [0.2, 0.25) is 5.91 Å². The minimum Gasteiger partial charge on any atom is -0.497 e. The molecule has 4 rings (SSSR count). The van der Waals surface area contributed by atoms with Crippen LogP contribution in [-0.2, 0) is 11.3 Å². The smallest absolute Gasteiger partial charge is 0.236 e. The van der Waals surface area contributed by atoms with Crippen molar-refractivity contribution >= 4 is 5.91 Å². The van der Waals surface area contributed by atoms with Crippen LogP contribution in [0.3, 0.4) is 0 Å². The van der Waals surface area contributed by atoms with Gasteiger partial charge in [0.25, 0.3) is 0 Å². The summed E-state index contributed by atoms with van der Waals surface area (Å²) in [7, 11) is 1.65. The molecule has 172 valence electrons. The number of likely N-dealkylation sites (tertiary alicyclic amines) is 1. The molecule has 32 heavy (non-hydrogen) atoms. The summed E-state index contributed by atoms with van der Waals surface area (Å²) in [4.78, 5) is 17.4. The van der Waals surface area contributed by atoms with E-state index in [9.17, 15) is 4.79 Å². The number of nitrogens with zero attached hydrogens (tertiary/aromatic N) is 2. The molecule has 1 amide bonds. The molecular formula is C26H34N2O4. The van der Waals surface area contributed by atoms with Crippen molar-refractivity contribution in [1.29, 1.82) is 0 Å². The largest absolute Gasteiger partial charge is 0.497 e. The van der Waals surface area contributed by atoms with Crippen molar-refractivity contribution in [2.75, 3.05) is 39.9 Å². The predicted octanol–water partition coefficient (Wildman–Crippen LogP) is 3.90. The maximum Gasteiger partial charge on any atom is 0.236 e. The van der Waals surface area contributed by atoms with Crippen molar-refractivity contribution in [3.05, 3.63) is 53.6 Å². The second kappa shape index (κ2) is 10.3. The molecule has 2 heterocycles. The number of methoxy groups -OCH3 is 1. The first-order valence-electron chi connectivity index (χ1n) is 11.5. The standard InChI is InChI=1S/C26H34N2O4/c1-19-9-10-25-22(12-19)16-27(14-20(2)32-25)17-26(29)28-11-5-6-21(15-28)18-31-24-8-4-7-23(13-24)30-3/h4,7-10,12-13,20-21H,5-6,11,14-18H2,1-3H3/t20-,21-/m1/s1. The number of piperidine rings is 1. The molecular weight excluding hydrogens is 404 g/mol. The zero-order valence-electron chi connectivity index (χ0n) is 19.4. The summed E-state index contributed by atoms with van der Waals surface area (Å²) in [6.07, 6.45) is 2.14. The molecule has 0 saturated carbocycles. The fraction of sp³-hybridized carbons (Fsp3) is 0.500. The van der Waals surface area contributed by atoms with Gasteiger partial charge in [-0.2, -0.15) is 0 Å². The van der Waals surface area contributed by atoms with Crippen LogP contribution in [-0.4, -0.2) is 61.7 Å². The molecule has 0 radical (unpaired) electrons. The molecule has 0 bridgehead atoms. The van der Waals surface area contributed by atoms with Gasteiger partial charge in [0.05, 0.1) is 20.3 Å². The number of hydrogen-bond donors (Lipinski definition) is 0. The lowest BCUT2D eigenvalue weighted by Crippen LogP contribution is -2.46. The number of hydrogen-bond acceptors (Lipinski definition) is 5. The van der Waals surface area contributed by atoms with Crippen LogP contribution in [0, 0.1) is 12.8 Å². The summed E-state index contributed by atoms with van der Waals surface area (Å²) in [5.74, 6) is 3.06. The first-order valence-corrected chi connectivity index (χ1v) is 11.5. The maximum atomic E-state index is 13.2. The quantitative estimate of drug-likeness (QED) is 0.685. The van der Waals surface area contributed by atoms with Crippen molar-refractivity contribution in [2.45, 2.75) is 39.3 Å². The number of fused-ring (bicyclic) bond motifs is 1. The van der Waals surface area contributed by atoms with Crippen LogP contribution in [0.2, 0.25) is 0 Å². The van der Waals surface area contributed by atoms with Gasteiger partial charge in [-0.25, -0.2) is 0 Å². The molecule has 0 spiro atoms. The van der Waals surface area contributed by atoms with Crippen molar-refractivity contribution in [3.63, 3.8) is 0 Å².